The third kappa shape index (κ3) is 4.14. The van der Waals surface area contributed by atoms with E-state index in [9.17, 15) is 4.79 Å². The maximum atomic E-state index is 12.8. The zero-order valence-electron chi connectivity index (χ0n) is 14.2. The summed E-state index contributed by atoms with van der Waals surface area (Å²) >= 11 is 0. The van der Waals surface area contributed by atoms with Crippen LogP contribution in [0.3, 0.4) is 0 Å². The number of nitrogens with zero attached hydrogens (tertiary/aromatic N) is 3. The minimum Gasteiger partial charge on any atom is -0.383 e. The molecule has 1 aliphatic heterocycles. The number of aromatic nitrogens is 2. The van der Waals surface area contributed by atoms with Crippen molar-refractivity contribution in [3.05, 3.63) is 18.0 Å². The van der Waals surface area contributed by atoms with Crippen molar-refractivity contribution < 1.29 is 9.53 Å². The molecule has 5 heteroatoms. The Balaban J connectivity index is 1.59. The van der Waals surface area contributed by atoms with Crippen molar-refractivity contribution >= 4 is 5.91 Å². The molecule has 2 fully saturated rings. The van der Waals surface area contributed by atoms with Crippen LogP contribution in [-0.4, -0.2) is 46.9 Å². The van der Waals surface area contributed by atoms with E-state index in [-0.39, 0.29) is 5.91 Å². The maximum Gasteiger partial charge on any atom is 0.274 e. The second kappa shape index (κ2) is 7.95. The molecular weight excluding hydrogens is 290 g/mol. The van der Waals surface area contributed by atoms with Crippen molar-refractivity contribution in [3.8, 4) is 0 Å². The first-order chi connectivity index (χ1) is 11.3. The molecule has 5 nitrogen and oxygen atoms in total. The molecule has 0 unspecified atom stereocenters. The first-order valence-corrected chi connectivity index (χ1v) is 9.11. The highest BCUT2D eigenvalue weighted by molar-refractivity contribution is 5.92. The Morgan fingerprint density at radius 1 is 1.26 bits per heavy atom. The molecule has 0 spiro atoms. The highest BCUT2D eigenvalue weighted by atomic mass is 16.5. The number of amides is 1. The molecule has 1 aromatic heterocycles. The summed E-state index contributed by atoms with van der Waals surface area (Å²) in [6.07, 6.45) is 12.2. The average molecular weight is 319 g/mol. The Morgan fingerprint density at radius 3 is 2.87 bits per heavy atom. The van der Waals surface area contributed by atoms with Crippen LogP contribution >= 0.6 is 0 Å². The largest absolute Gasteiger partial charge is 0.383 e. The van der Waals surface area contributed by atoms with Gasteiger partial charge in [0, 0.05) is 25.9 Å². The van der Waals surface area contributed by atoms with Crippen molar-refractivity contribution in [2.24, 2.45) is 5.92 Å². The summed E-state index contributed by atoms with van der Waals surface area (Å²) in [5.74, 6) is 0.931. The van der Waals surface area contributed by atoms with Crippen LogP contribution in [0.15, 0.2) is 12.3 Å². The van der Waals surface area contributed by atoms with Gasteiger partial charge in [-0.25, -0.2) is 0 Å². The van der Waals surface area contributed by atoms with Gasteiger partial charge in [-0.15, -0.1) is 0 Å². The van der Waals surface area contributed by atoms with Gasteiger partial charge in [-0.05, 0) is 31.2 Å². The summed E-state index contributed by atoms with van der Waals surface area (Å²) in [7, 11) is 1.68. The minimum atomic E-state index is 0.111. The highest BCUT2D eigenvalue weighted by Gasteiger charge is 2.32. The molecule has 2 aliphatic rings. The van der Waals surface area contributed by atoms with Crippen molar-refractivity contribution in [3.63, 3.8) is 0 Å². The summed E-state index contributed by atoms with van der Waals surface area (Å²) < 4.78 is 6.86. The van der Waals surface area contributed by atoms with Crippen molar-refractivity contribution in [1.82, 2.24) is 14.7 Å². The lowest BCUT2D eigenvalue weighted by Crippen LogP contribution is -2.37. The summed E-state index contributed by atoms with van der Waals surface area (Å²) in [4.78, 5) is 14.9. The zero-order chi connectivity index (χ0) is 16.1. The number of hydrogen-bond donors (Lipinski definition) is 0. The van der Waals surface area contributed by atoms with Gasteiger partial charge in [-0.1, -0.05) is 32.1 Å². The lowest BCUT2D eigenvalue weighted by molar-refractivity contribution is 0.0704. The molecule has 0 radical (unpaired) electrons. The van der Waals surface area contributed by atoms with Crippen molar-refractivity contribution in [1.29, 1.82) is 0 Å². The summed E-state index contributed by atoms with van der Waals surface area (Å²) in [5, 5.41) is 4.42. The third-order valence-corrected chi connectivity index (χ3v) is 5.35. The van der Waals surface area contributed by atoms with E-state index in [1.165, 1.54) is 38.5 Å². The van der Waals surface area contributed by atoms with Crippen LogP contribution in [0.25, 0.3) is 0 Å². The molecule has 23 heavy (non-hydrogen) atoms. The van der Waals surface area contributed by atoms with Gasteiger partial charge in [0.1, 0.15) is 5.69 Å². The minimum absolute atomic E-state index is 0.111. The van der Waals surface area contributed by atoms with E-state index in [0.717, 1.165) is 25.3 Å². The SMILES string of the molecule is COCCn1ccc(C(=O)N2CCC[C@@H]2CC2CCCCC2)n1. The van der Waals surface area contributed by atoms with Gasteiger partial charge >= 0.3 is 0 Å². The molecule has 1 amide bonds. The van der Waals surface area contributed by atoms with Crippen LogP contribution in [0, 0.1) is 5.92 Å². The Labute approximate surface area is 139 Å². The Morgan fingerprint density at radius 2 is 2.09 bits per heavy atom. The van der Waals surface area contributed by atoms with Gasteiger partial charge in [0.2, 0.25) is 0 Å². The van der Waals surface area contributed by atoms with Crippen LogP contribution in [0.1, 0.15) is 61.9 Å². The number of ether oxygens (including phenoxy) is 1. The first kappa shape index (κ1) is 16.5. The standard InChI is InChI=1S/C18H29N3O2/c1-23-13-12-20-11-9-17(19-20)18(22)21-10-5-8-16(21)14-15-6-3-2-4-7-15/h9,11,15-16H,2-8,10,12-14H2,1H3/t16-/m1/s1. The fourth-order valence-corrected chi connectivity index (χ4v) is 4.09. The number of carbonyl (C=O) groups is 1. The average Bonchev–Trinajstić information content (AvgIpc) is 3.22. The van der Waals surface area contributed by atoms with Gasteiger partial charge in [0.05, 0.1) is 13.2 Å². The predicted molar refractivity (Wildman–Crippen MR) is 89.4 cm³/mol. The number of hydrogen-bond acceptors (Lipinski definition) is 3. The van der Waals surface area contributed by atoms with Crippen LogP contribution in [0.2, 0.25) is 0 Å². The maximum absolute atomic E-state index is 12.8. The van der Waals surface area contributed by atoms with Gasteiger partial charge in [-0.3, -0.25) is 9.48 Å². The summed E-state index contributed by atoms with van der Waals surface area (Å²) in [5.41, 5.74) is 0.580. The van der Waals surface area contributed by atoms with Gasteiger partial charge in [0.25, 0.3) is 5.91 Å². The van der Waals surface area contributed by atoms with Gasteiger partial charge < -0.3 is 9.64 Å². The van der Waals surface area contributed by atoms with E-state index < -0.39 is 0 Å². The molecule has 1 aromatic rings. The van der Waals surface area contributed by atoms with E-state index >= 15 is 0 Å². The van der Waals surface area contributed by atoms with E-state index in [2.05, 4.69) is 10.00 Å². The monoisotopic (exact) mass is 319 g/mol. The number of rotatable bonds is 6. The summed E-state index contributed by atoms with van der Waals surface area (Å²) in [6, 6.07) is 2.27. The van der Waals surface area contributed by atoms with Crippen LogP contribution in [-0.2, 0) is 11.3 Å². The first-order valence-electron chi connectivity index (χ1n) is 9.11. The molecule has 0 N–H and O–H groups in total. The van der Waals surface area contributed by atoms with Crippen LogP contribution in [0.4, 0.5) is 0 Å². The molecule has 0 bridgehead atoms. The smallest absolute Gasteiger partial charge is 0.274 e. The normalized spacial score (nSPS) is 22.7. The highest BCUT2D eigenvalue weighted by Crippen LogP contribution is 2.32. The molecule has 128 valence electrons. The predicted octanol–water partition coefficient (Wildman–Crippen LogP) is 3.10. The second-order valence-corrected chi connectivity index (χ2v) is 6.99. The molecule has 3 rings (SSSR count). The molecular formula is C18H29N3O2. The fourth-order valence-electron chi connectivity index (χ4n) is 4.09. The molecule has 2 heterocycles. The quantitative estimate of drug-likeness (QED) is 0.809. The third-order valence-electron chi connectivity index (χ3n) is 5.35. The van der Waals surface area contributed by atoms with Crippen LogP contribution < -0.4 is 0 Å². The van der Waals surface area contributed by atoms with E-state index in [1.807, 2.05) is 12.3 Å². The number of likely N-dealkylation sites (tertiary alicyclic amines) is 1. The summed E-state index contributed by atoms with van der Waals surface area (Å²) in [6.45, 7) is 2.19. The molecule has 1 aliphatic carbocycles. The van der Waals surface area contributed by atoms with Gasteiger partial charge in [0.15, 0.2) is 0 Å². The Bertz CT molecular complexity index is 508. The number of carbonyl (C=O) groups excluding carboxylic acids is 1. The van der Waals surface area contributed by atoms with Crippen LogP contribution in [0.5, 0.6) is 0 Å². The lowest BCUT2D eigenvalue weighted by atomic mass is 9.84. The van der Waals surface area contributed by atoms with Crippen molar-refractivity contribution in [2.75, 3.05) is 20.3 Å². The van der Waals surface area contributed by atoms with Crippen molar-refractivity contribution in [2.45, 2.75) is 64.0 Å². The Kier molecular flexibility index (Phi) is 5.70. The molecule has 1 atom stereocenters. The lowest BCUT2D eigenvalue weighted by Gasteiger charge is -2.29. The molecule has 1 saturated carbocycles. The second-order valence-electron chi connectivity index (χ2n) is 6.99. The van der Waals surface area contributed by atoms with E-state index in [4.69, 9.17) is 4.74 Å². The molecule has 1 saturated heterocycles. The fraction of sp³-hybridized carbons (Fsp3) is 0.778. The topological polar surface area (TPSA) is 47.4 Å². The number of methoxy groups -OCH3 is 1. The van der Waals surface area contributed by atoms with Gasteiger partial charge in [-0.2, -0.15) is 5.10 Å². The zero-order valence-corrected chi connectivity index (χ0v) is 14.2. The van der Waals surface area contributed by atoms with E-state index in [1.54, 1.807) is 11.8 Å². The Hall–Kier alpha value is -1.36. The molecule has 0 aromatic carbocycles. The van der Waals surface area contributed by atoms with E-state index in [0.29, 0.717) is 24.9 Å².